The monoisotopic (exact) mass is 695 g/mol. The zero-order valence-corrected chi connectivity index (χ0v) is 29.1. The van der Waals surface area contributed by atoms with Gasteiger partial charge < -0.3 is 15.0 Å². The van der Waals surface area contributed by atoms with E-state index >= 15 is 0 Å². The van der Waals surface area contributed by atoms with Gasteiger partial charge in [-0.2, -0.15) is 0 Å². The van der Waals surface area contributed by atoms with Gasteiger partial charge in [-0.25, -0.2) is 8.42 Å². The van der Waals surface area contributed by atoms with E-state index in [0.29, 0.717) is 17.1 Å². The van der Waals surface area contributed by atoms with Crippen molar-refractivity contribution in [3.63, 3.8) is 0 Å². The number of ether oxygens (including phenoxy) is 1. The average molecular weight is 697 g/mol. The summed E-state index contributed by atoms with van der Waals surface area (Å²) in [5.41, 5.74) is 2.38. The third kappa shape index (κ3) is 9.28. The second kappa shape index (κ2) is 16.2. The van der Waals surface area contributed by atoms with Crippen molar-refractivity contribution in [2.75, 3.05) is 24.5 Å². The van der Waals surface area contributed by atoms with E-state index in [-0.39, 0.29) is 46.1 Å². The minimum Gasteiger partial charge on any atom is -0.495 e. The van der Waals surface area contributed by atoms with Crippen LogP contribution in [0.15, 0.2) is 102 Å². The summed E-state index contributed by atoms with van der Waals surface area (Å²) >= 11 is 12.9. The van der Waals surface area contributed by atoms with Crippen LogP contribution in [-0.2, 0) is 32.6 Å². The van der Waals surface area contributed by atoms with E-state index in [9.17, 15) is 18.0 Å². The molecule has 0 saturated heterocycles. The maximum Gasteiger partial charge on any atom is 0.264 e. The molecule has 4 rings (SSSR count). The molecule has 0 heterocycles. The minimum absolute atomic E-state index is 0.0221. The molecule has 47 heavy (non-hydrogen) atoms. The Balaban J connectivity index is 1.86. The van der Waals surface area contributed by atoms with Crippen LogP contribution < -0.4 is 14.4 Å². The number of carbonyl (C=O) groups excluding carboxylic acids is 2. The third-order valence-corrected chi connectivity index (χ3v) is 9.93. The Bertz CT molecular complexity index is 1780. The third-order valence-electron chi connectivity index (χ3n) is 7.55. The van der Waals surface area contributed by atoms with Crippen LogP contribution in [-0.4, -0.2) is 51.4 Å². The van der Waals surface area contributed by atoms with E-state index in [2.05, 4.69) is 5.32 Å². The molecule has 4 aromatic rings. The normalized spacial score (nSPS) is 12.0. The summed E-state index contributed by atoms with van der Waals surface area (Å²) in [6.07, 6.45) is 0.187. The summed E-state index contributed by atoms with van der Waals surface area (Å²) in [5, 5.41) is 3.63. The molecule has 0 fully saturated rings. The van der Waals surface area contributed by atoms with E-state index in [0.717, 1.165) is 15.4 Å². The first kappa shape index (κ1) is 35.8. The van der Waals surface area contributed by atoms with Crippen molar-refractivity contribution in [3.05, 3.63) is 124 Å². The second-order valence-electron chi connectivity index (χ2n) is 11.6. The number of nitrogens with zero attached hydrogens (tertiary/aromatic N) is 2. The zero-order chi connectivity index (χ0) is 34.1. The maximum atomic E-state index is 14.7. The number of rotatable bonds is 14. The number of sulfonamides is 1. The predicted octanol–water partition coefficient (Wildman–Crippen LogP) is 6.92. The molecule has 0 aliphatic heterocycles. The first-order valence-corrected chi connectivity index (χ1v) is 17.4. The van der Waals surface area contributed by atoms with Crippen molar-refractivity contribution in [2.45, 2.75) is 44.7 Å². The van der Waals surface area contributed by atoms with Crippen LogP contribution in [0.2, 0.25) is 10.0 Å². The molecule has 1 N–H and O–H groups in total. The highest BCUT2D eigenvalue weighted by atomic mass is 35.5. The molecule has 0 saturated carbocycles. The van der Waals surface area contributed by atoms with Gasteiger partial charge in [-0.05, 0) is 60.4 Å². The summed E-state index contributed by atoms with van der Waals surface area (Å²) in [4.78, 5) is 30.0. The zero-order valence-electron chi connectivity index (χ0n) is 26.8. The summed E-state index contributed by atoms with van der Waals surface area (Å²) in [7, 11) is -2.93. The minimum atomic E-state index is -4.34. The van der Waals surface area contributed by atoms with Crippen LogP contribution in [0.25, 0.3) is 0 Å². The first-order valence-electron chi connectivity index (χ1n) is 15.2. The van der Waals surface area contributed by atoms with E-state index in [1.165, 1.54) is 30.2 Å². The topological polar surface area (TPSA) is 96.0 Å². The van der Waals surface area contributed by atoms with Gasteiger partial charge in [-0.1, -0.05) is 103 Å². The lowest BCUT2D eigenvalue weighted by Gasteiger charge is -2.34. The molecule has 11 heteroatoms. The summed E-state index contributed by atoms with van der Waals surface area (Å²) in [5.74, 6) is -0.625. The molecular formula is C36H39Cl2N3O5S. The summed E-state index contributed by atoms with van der Waals surface area (Å²) < 4.78 is 35.2. The van der Waals surface area contributed by atoms with Gasteiger partial charge in [0.25, 0.3) is 10.0 Å². The number of hydrogen-bond donors (Lipinski definition) is 1. The molecule has 0 bridgehead atoms. The van der Waals surface area contributed by atoms with Crippen molar-refractivity contribution in [1.82, 2.24) is 10.2 Å². The Morgan fingerprint density at radius 3 is 2.19 bits per heavy atom. The standard InChI is InChI=1S/C36H39Cl2N3O5S/c1-25(2)22-39-36(43)33(20-27-10-6-5-7-11-27)40(23-28-12-8-9-13-31(28)38)35(42)24-41(32-21-29(37)16-19-34(32)46-4)47(44,45)30-17-14-26(3)15-18-30/h5-19,21,25,33H,20,22-24H2,1-4H3,(H,39,43)/t33-/m1/s1. The number of amides is 2. The lowest BCUT2D eigenvalue weighted by molar-refractivity contribution is -0.140. The molecule has 248 valence electrons. The van der Waals surface area contributed by atoms with Gasteiger partial charge in [0.1, 0.15) is 18.3 Å². The van der Waals surface area contributed by atoms with Gasteiger partial charge in [-0.3, -0.25) is 13.9 Å². The van der Waals surface area contributed by atoms with Crippen LogP contribution in [0.5, 0.6) is 5.75 Å². The number of halogens is 2. The predicted molar refractivity (Wildman–Crippen MR) is 187 cm³/mol. The summed E-state index contributed by atoms with van der Waals surface area (Å²) in [6, 6.07) is 26.3. The van der Waals surface area contributed by atoms with Crippen LogP contribution >= 0.6 is 23.2 Å². The Morgan fingerprint density at radius 1 is 0.894 bits per heavy atom. The molecule has 4 aromatic carbocycles. The molecule has 0 aromatic heterocycles. The molecule has 0 spiro atoms. The molecular weight excluding hydrogens is 657 g/mol. The smallest absolute Gasteiger partial charge is 0.264 e. The van der Waals surface area contributed by atoms with Gasteiger partial charge in [0, 0.05) is 29.6 Å². The molecule has 0 unspecified atom stereocenters. The molecule has 8 nitrogen and oxygen atoms in total. The lowest BCUT2D eigenvalue weighted by atomic mass is 10.0. The average Bonchev–Trinajstić information content (AvgIpc) is 3.05. The highest BCUT2D eigenvalue weighted by molar-refractivity contribution is 7.92. The van der Waals surface area contributed by atoms with Crippen molar-refractivity contribution < 1.29 is 22.7 Å². The summed E-state index contributed by atoms with van der Waals surface area (Å²) in [6.45, 7) is 5.50. The number of carbonyl (C=O) groups is 2. The molecule has 0 aliphatic carbocycles. The van der Waals surface area contributed by atoms with E-state index in [4.69, 9.17) is 27.9 Å². The van der Waals surface area contributed by atoms with Gasteiger partial charge in [0.05, 0.1) is 17.7 Å². The largest absolute Gasteiger partial charge is 0.495 e. The van der Waals surface area contributed by atoms with Crippen molar-refractivity contribution in [3.8, 4) is 5.75 Å². The fourth-order valence-electron chi connectivity index (χ4n) is 5.00. The fourth-order valence-corrected chi connectivity index (χ4v) is 6.77. The van der Waals surface area contributed by atoms with Gasteiger partial charge in [-0.15, -0.1) is 0 Å². The van der Waals surface area contributed by atoms with Crippen molar-refractivity contribution >= 4 is 50.7 Å². The first-order chi connectivity index (χ1) is 22.4. The van der Waals surface area contributed by atoms with Crippen LogP contribution in [0.4, 0.5) is 5.69 Å². The number of aryl methyl sites for hydroxylation is 1. The molecule has 2 amide bonds. The van der Waals surface area contributed by atoms with E-state index < -0.39 is 28.5 Å². The van der Waals surface area contributed by atoms with Crippen LogP contribution in [0, 0.1) is 12.8 Å². The van der Waals surface area contributed by atoms with Crippen LogP contribution in [0.3, 0.4) is 0 Å². The van der Waals surface area contributed by atoms with Crippen molar-refractivity contribution in [1.29, 1.82) is 0 Å². The van der Waals surface area contributed by atoms with Crippen molar-refractivity contribution in [2.24, 2.45) is 5.92 Å². The SMILES string of the molecule is COc1ccc(Cl)cc1N(CC(=O)N(Cc1ccccc1Cl)[C@H](Cc1ccccc1)C(=O)NCC(C)C)S(=O)(=O)c1ccc(C)cc1. The maximum absolute atomic E-state index is 14.7. The Labute approximate surface area is 287 Å². The van der Waals surface area contributed by atoms with E-state index in [1.807, 2.05) is 51.1 Å². The second-order valence-corrected chi connectivity index (χ2v) is 14.3. The quantitative estimate of drug-likeness (QED) is 0.155. The van der Waals surface area contributed by atoms with Gasteiger partial charge in [0.2, 0.25) is 11.8 Å². The highest BCUT2D eigenvalue weighted by Crippen LogP contribution is 2.35. The number of hydrogen-bond acceptors (Lipinski definition) is 5. The van der Waals surface area contributed by atoms with Gasteiger partial charge >= 0.3 is 0 Å². The van der Waals surface area contributed by atoms with E-state index in [1.54, 1.807) is 48.5 Å². The van der Waals surface area contributed by atoms with Crippen LogP contribution in [0.1, 0.15) is 30.5 Å². The molecule has 0 aliphatic rings. The number of methoxy groups -OCH3 is 1. The molecule has 1 atom stereocenters. The number of anilines is 1. The fraction of sp³-hybridized carbons (Fsp3) is 0.278. The Hall–Kier alpha value is -4.05. The lowest BCUT2D eigenvalue weighted by Crippen LogP contribution is -2.53. The number of nitrogens with one attached hydrogen (secondary N) is 1. The highest BCUT2D eigenvalue weighted by Gasteiger charge is 2.36. The molecule has 0 radical (unpaired) electrons. The Kier molecular flexibility index (Phi) is 12.3. The van der Waals surface area contributed by atoms with Gasteiger partial charge in [0.15, 0.2) is 0 Å². The Morgan fingerprint density at radius 2 is 1.55 bits per heavy atom. The number of benzene rings is 4.